The third-order valence-electron chi connectivity index (χ3n) is 1.96. The Morgan fingerprint density at radius 3 is 2.87 bits per heavy atom. The molecule has 0 aliphatic heterocycles. The Hall–Kier alpha value is -0.940. The molecule has 1 rings (SSSR count). The van der Waals surface area contributed by atoms with Crippen molar-refractivity contribution in [2.75, 3.05) is 6.61 Å². The maximum absolute atomic E-state index is 11.0. The van der Waals surface area contributed by atoms with Crippen LogP contribution in [0.5, 0.6) is 5.88 Å². The van der Waals surface area contributed by atoms with E-state index in [-0.39, 0.29) is 18.0 Å². The van der Waals surface area contributed by atoms with E-state index in [1.54, 1.807) is 12.3 Å². The van der Waals surface area contributed by atoms with Crippen LogP contribution < -0.4 is 4.74 Å². The Labute approximate surface area is 92.9 Å². The molecule has 0 radical (unpaired) electrons. The largest absolute Gasteiger partial charge is 0.407 e. The fourth-order valence-corrected chi connectivity index (χ4v) is 1.71. The lowest BCUT2D eigenvalue weighted by Gasteiger charge is -2.17. The van der Waals surface area contributed by atoms with Gasteiger partial charge in [0.05, 0.1) is 12.0 Å². The summed E-state index contributed by atoms with van der Waals surface area (Å²) in [6, 6.07) is 0. The van der Waals surface area contributed by atoms with Crippen LogP contribution in [0.15, 0.2) is 5.38 Å². The number of ether oxygens (including phenoxy) is 1. The second-order valence-corrected chi connectivity index (χ2v) is 4.72. The maximum Gasteiger partial charge on any atom is 0.312 e. The highest BCUT2D eigenvalue weighted by atomic mass is 32.1. The molecule has 0 aliphatic rings. The van der Waals surface area contributed by atoms with Crippen LogP contribution in [-0.2, 0) is 10.2 Å². The number of carbonyl (C=O) groups is 1. The Morgan fingerprint density at radius 1 is 1.67 bits per heavy atom. The highest BCUT2D eigenvalue weighted by molar-refractivity contribution is 7.10. The van der Waals surface area contributed by atoms with Gasteiger partial charge in [0, 0.05) is 11.8 Å². The highest BCUT2D eigenvalue weighted by Crippen LogP contribution is 2.28. The number of aliphatic hydroxyl groups excluding tert-OH is 1. The summed E-state index contributed by atoms with van der Waals surface area (Å²) < 4.78 is 4.96. The first kappa shape index (κ1) is 12.1. The van der Waals surface area contributed by atoms with E-state index in [0.717, 1.165) is 5.01 Å². The van der Waals surface area contributed by atoms with Gasteiger partial charge in [-0.15, -0.1) is 11.3 Å². The average Bonchev–Trinajstić information content (AvgIpc) is 2.66. The summed E-state index contributed by atoms with van der Waals surface area (Å²) in [5.74, 6) is 0.0250. The van der Waals surface area contributed by atoms with Gasteiger partial charge in [0.2, 0.25) is 5.88 Å². The topological polar surface area (TPSA) is 59.4 Å². The van der Waals surface area contributed by atoms with Crippen molar-refractivity contribution in [3.05, 3.63) is 10.4 Å². The molecule has 0 atom stereocenters. The van der Waals surface area contributed by atoms with Crippen LogP contribution in [-0.4, -0.2) is 22.7 Å². The average molecular weight is 229 g/mol. The number of esters is 1. The molecule has 0 fully saturated rings. The fraction of sp³-hybridized carbons (Fsp3) is 0.600. The van der Waals surface area contributed by atoms with Crippen LogP contribution >= 0.6 is 11.3 Å². The Kier molecular flexibility index (Phi) is 3.82. The fourth-order valence-electron chi connectivity index (χ4n) is 0.873. The van der Waals surface area contributed by atoms with Crippen molar-refractivity contribution in [1.82, 2.24) is 4.98 Å². The lowest BCUT2D eigenvalue weighted by atomic mass is 9.96. The molecule has 0 aromatic carbocycles. The molecule has 1 heterocycles. The molecule has 0 saturated heterocycles. The van der Waals surface area contributed by atoms with Crippen LogP contribution in [0.3, 0.4) is 0 Å². The molecule has 0 amide bonds. The molecule has 1 N–H and O–H groups in total. The molecule has 0 unspecified atom stereocenters. The SMILES string of the molecule is CCC(=O)Oc1csc(C(C)(C)CO)n1. The van der Waals surface area contributed by atoms with E-state index in [0.29, 0.717) is 12.3 Å². The lowest BCUT2D eigenvalue weighted by molar-refractivity contribution is -0.134. The van der Waals surface area contributed by atoms with Gasteiger partial charge in [-0.1, -0.05) is 20.8 Å². The monoisotopic (exact) mass is 229 g/mol. The molecule has 0 aliphatic carbocycles. The number of hydrogen-bond acceptors (Lipinski definition) is 5. The summed E-state index contributed by atoms with van der Waals surface area (Å²) in [6.45, 7) is 5.52. The van der Waals surface area contributed by atoms with Gasteiger partial charge in [0.1, 0.15) is 5.01 Å². The smallest absolute Gasteiger partial charge is 0.312 e. The van der Waals surface area contributed by atoms with Gasteiger partial charge in [-0.3, -0.25) is 4.79 Å². The molecule has 5 heteroatoms. The maximum atomic E-state index is 11.0. The van der Waals surface area contributed by atoms with Crippen LogP contribution in [0.25, 0.3) is 0 Å². The van der Waals surface area contributed by atoms with Crippen molar-refractivity contribution in [2.24, 2.45) is 0 Å². The van der Waals surface area contributed by atoms with Crippen LogP contribution in [0.4, 0.5) is 0 Å². The standard InChI is InChI=1S/C10H15NO3S/c1-4-8(13)14-7-5-15-9(11-7)10(2,3)6-12/h5,12H,4,6H2,1-3H3. The summed E-state index contributed by atoms with van der Waals surface area (Å²) in [6.07, 6.45) is 0.330. The predicted molar refractivity (Wildman–Crippen MR) is 58.2 cm³/mol. The Bertz CT molecular complexity index is 346. The minimum atomic E-state index is -0.387. The molecule has 0 spiro atoms. The van der Waals surface area contributed by atoms with Gasteiger partial charge in [-0.05, 0) is 0 Å². The predicted octanol–water partition coefficient (Wildman–Crippen LogP) is 1.73. The van der Waals surface area contributed by atoms with Crippen molar-refractivity contribution in [1.29, 1.82) is 0 Å². The number of aromatic nitrogens is 1. The molecular weight excluding hydrogens is 214 g/mol. The molecule has 1 aromatic rings. The Morgan fingerprint density at radius 2 is 2.33 bits per heavy atom. The highest BCUT2D eigenvalue weighted by Gasteiger charge is 2.24. The number of thiazole rings is 1. The molecule has 1 aromatic heterocycles. The van der Waals surface area contributed by atoms with Crippen molar-refractivity contribution >= 4 is 17.3 Å². The quantitative estimate of drug-likeness (QED) is 0.799. The van der Waals surface area contributed by atoms with Crippen LogP contribution in [0, 0.1) is 0 Å². The first-order chi connectivity index (χ1) is 6.99. The van der Waals surface area contributed by atoms with Crippen LogP contribution in [0.2, 0.25) is 0 Å². The third kappa shape index (κ3) is 3.00. The summed E-state index contributed by atoms with van der Waals surface area (Å²) in [4.78, 5) is 15.2. The number of nitrogens with zero attached hydrogens (tertiary/aromatic N) is 1. The normalized spacial score (nSPS) is 11.5. The zero-order chi connectivity index (χ0) is 11.5. The molecule has 0 saturated carbocycles. The number of carbonyl (C=O) groups excluding carboxylic acids is 1. The van der Waals surface area contributed by atoms with Gasteiger partial charge >= 0.3 is 5.97 Å². The van der Waals surface area contributed by atoms with Crippen molar-refractivity contribution < 1.29 is 14.6 Å². The second-order valence-electron chi connectivity index (χ2n) is 3.86. The molecule has 15 heavy (non-hydrogen) atoms. The zero-order valence-electron chi connectivity index (χ0n) is 9.11. The summed E-state index contributed by atoms with van der Waals surface area (Å²) in [7, 11) is 0. The van der Waals surface area contributed by atoms with E-state index in [4.69, 9.17) is 9.84 Å². The first-order valence-corrected chi connectivity index (χ1v) is 5.65. The zero-order valence-corrected chi connectivity index (χ0v) is 9.93. The van der Waals surface area contributed by atoms with E-state index >= 15 is 0 Å². The Balaban J connectivity index is 2.76. The number of aliphatic hydroxyl groups is 1. The van der Waals surface area contributed by atoms with E-state index in [1.807, 2.05) is 13.8 Å². The van der Waals surface area contributed by atoms with E-state index < -0.39 is 0 Å². The molecular formula is C10H15NO3S. The van der Waals surface area contributed by atoms with Gasteiger partial charge in [-0.25, -0.2) is 4.98 Å². The van der Waals surface area contributed by atoms with Crippen LogP contribution in [0.1, 0.15) is 32.2 Å². The summed E-state index contributed by atoms with van der Waals surface area (Å²) in [5.41, 5.74) is -0.387. The first-order valence-electron chi connectivity index (χ1n) is 4.77. The van der Waals surface area contributed by atoms with E-state index in [9.17, 15) is 4.79 Å². The summed E-state index contributed by atoms with van der Waals surface area (Å²) >= 11 is 1.39. The van der Waals surface area contributed by atoms with Gasteiger partial charge in [-0.2, -0.15) is 0 Å². The van der Waals surface area contributed by atoms with E-state index in [2.05, 4.69) is 4.98 Å². The minimum absolute atomic E-state index is 0.0156. The number of rotatable bonds is 4. The third-order valence-corrected chi connectivity index (χ3v) is 3.15. The van der Waals surface area contributed by atoms with Crippen molar-refractivity contribution in [3.63, 3.8) is 0 Å². The number of hydrogen-bond donors (Lipinski definition) is 1. The van der Waals surface area contributed by atoms with Gasteiger partial charge < -0.3 is 9.84 Å². The molecule has 4 nitrogen and oxygen atoms in total. The van der Waals surface area contributed by atoms with Crippen molar-refractivity contribution in [2.45, 2.75) is 32.6 Å². The van der Waals surface area contributed by atoms with Gasteiger partial charge in [0.15, 0.2) is 0 Å². The van der Waals surface area contributed by atoms with E-state index in [1.165, 1.54) is 11.3 Å². The lowest BCUT2D eigenvalue weighted by Crippen LogP contribution is -2.21. The minimum Gasteiger partial charge on any atom is -0.407 e. The molecule has 0 bridgehead atoms. The van der Waals surface area contributed by atoms with Gasteiger partial charge in [0.25, 0.3) is 0 Å². The molecule has 84 valence electrons. The summed E-state index contributed by atoms with van der Waals surface area (Å²) in [5, 5.41) is 11.6. The van der Waals surface area contributed by atoms with Crippen molar-refractivity contribution in [3.8, 4) is 5.88 Å². The second kappa shape index (κ2) is 4.72.